The minimum Gasteiger partial charge on any atom is -0.486 e. The Hall–Kier alpha value is -3.35. The summed E-state index contributed by atoms with van der Waals surface area (Å²) < 4.78 is 17.5. The van der Waals surface area contributed by atoms with Gasteiger partial charge in [-0.15, -0.1) is 0 Å². The molecule has 230 valence electrons. The van der Waals surface area contributed by atoms with Gasteiger partial charge in [-0.2, -0.15) is 5.10 Å². The van der Waals surface area contributed by atoms with Gasteiger partial charge in [0.25, 0.3) is 5.91 Å². The molecule has 44 heavy (non-hydrogen) atoms. The molecule has 0 aromatic heterocycles. The monoisotopic (exact) mass is 738 g/mol. The van der Waals surface area contributed by atoms with Crippen molar-refractivity contribution in [2.24, 2.45) is 5.10 Å². The number of benzene rings is 3. The number of halogens is 4. The predicted octanol–water partition coefficient (Wildman–Crippen LogP) is 6.87. The molecule has 1 aliphatic heterocycles. The fourth-order valence-corrected chi connectivity index (χ4v) is 5.77. The maximum Gasteiger partial charge on any atom is 0.338 e. The van der Waals surface area contributed by atoms with Crippen LogP contribution in [0.15, 0.2) is 75.4 Å². The quantitative estimate of drug-likeness (QED) is 0.0846. The molecule has 0 spiro atoms. The summed E-state index contributed by atoms with van der Waals surface area (Å²) in [4.78, 5) is 25.3. The van der Waals surface area contributed by atoms with Gasteiger partial charge in [0, 0.05) is 11.3 Å². The van der Waals surface area contributed by atoms with E-state index in [2.05, 4.69) is 37.1 Å². The van der Waals surface area contributed by atoms with Crippen LogP contribution in [-0.4, -0.2) is 36.4 Å². The number of amides is 1. The molecule has 14 heteroatoms. The molecule has 9 nitrogen and oxygen atoms in total. The van der Waals surface area contributed by atoms with Gasteiger partial charge in [0.1, 0.15) is 12.4 Å². The van der Waals surface area contributed by atoms with Crippen molar-refractivity contribution in [2.75, 3.05) is 13.2 Å². The van der Waals surface area contributed by atoms with Crippen LogP contribution in [0.3, 0.4) is 0 Å². The molecule has 1 atom stereocenters. The van der Waals surface area contributed by atoms with E-state index < -0.39 is 17.9 Å². The molecule has 3 N–H and O–H groups in total. The molecule has 0 fully saturated rings. The molecule has 3 aromatic carbocycles. The second kappa shape index (κ2) is 15.6. The number of allylic oxidation sites excluding steroid dienone is 1. The van der Waals surface area contributed by atoms with Gasteiger partial charge in [0.15, 0.2) is 17.5 Å². The van der Waals surface area contributed by atoms with Crippen LogP contribution >= 0.6 is 63.0 Å². The summed E-state index contributed by atoms with van der Waals surface area (Å²) >= 11 is 27.3. The number of carbonyl (C=O) groups excluding carboxylic acids is 2. The minimum atomic E-state index is -0.640. The summed E-state index contributed by atoms with van der Waals surface area (Å²) in [5.41, 5.74) is 5.40. The summed E-state index contributed by atoms with van der Waals surface area (Å²) in [6.45, 7) is 3.57. The Kier molecular flexibility index (Phi) is 11.9. The molecule has 1 heterocycles. The molecule has 0 aliphatic carbocycles. The first-order chi connectivity index (χ1) is 21.1. The van der Waals surface area contributed by atoms with Crippen molar-refractivity contribution < 1.29 is 23.8 Å². The van der Waals surface area contributed by atoms with Gasteiger partial charge in [-0.3, -0.25) is 4.79 Å². The van der Waals surface area contributed by atoms with E-state index in [0.717, 1.165) is 5.56 Å². The highest BCUT2D eigenvalue weighted by atomic mass is 79.9. The minimum absolute atomic E-state index is 0.215. The second-order valence-corrected chi connectivity index (χ2v) is 11.7. The maximum absolute atomic E-state index is 12.7. The van der Waals surface area contributed by atoms with E-state index in [-0.39, 0.29) is 19.8 Å². The normalized spacial score (nSPS) is 14.6. The number of thiocarbonyl (C=S) groups is 1. The zero-order valence-corrected chi connectivity index (χ0v) is 28.1. The van der Waals surface area contributed by atoms with Crippen LogP contribution in [0.25, 0.3) is 0 Å². The third kappa shape index (κ3) is 8.64. The van der Waals surface area contributed by atoms with E-state index in [0.29, 0.717) is 58.5 Å². The molecule has 1 aliphatic rings. The Morgan fingerprint density at radius 3 is 2.57 bits per heavy atom. The molecule has 4 rings (SSSR count). The van der Waals surface area contributed by atoms with Crippen molar-refractivity contribution in [3.63, 3.8) is 0 Å². The number of carbonyl (C=O) groups is 2. The topological polar surface area (TPSA) is 110 Å². The van der Waals surface area contributed by atoms with Gasteiger partial charge in [-0.1, -0.05) is 59.1 Å². The Labute approximate surface area is 283 Å². The zero-order valence-electron chi connectivity index (χ0n) is 23.4. The number of hydrogen-bond donors (Lipinski definition) is 3. The molecule has 0 saturated heterocycles. The van der Waals surface area contributed by atoms with Crippen molar-refractivity contribution in [3.8, 4) is 11.5 Å². The third-order valence-corrected chi connectivity index (χ3v) is 7.97. The van der Waals surface area contributed by atoms with Crippen LogP contribution in [0.4, 0.5) is 0 Å². The summed E-state index contributed by atoms with van der Waals surface area (Å²) in [5.74, 6) is -0.173. The number of nitrogens with zero attached hydrogens (tertiary/aromatic N) is 1. The molecule has 0 radical (unpaired) electrons. The van der Waals surface area contributed by atoms with Crippen molar-refractivity contribution in [3.05, 3.63) is 102 Å². The highest BCUT2D eigenvalue weighted by Crippen LogP contribution is 2.36. The molecular formula is C30H26BrCl3N4O5S. The fourth-order valence-electron chi connectivity index (χ4n) is 4.19. The summed E-state index contributed by atoms with van der Waals surface area (Å²) in [7, 11) is 0. The van der Waals surface area contributed by atoms with E-state index in [1.165, 1.54) is 6.21 Å². The SMILES string of the molecule is CCOC(=O)C1=C(C)NC(=S)N[C@H]1c1ccccc1OCC(=O)NN=Cc1cc(Cl)c(OCc2ccc(Cl)c(Cl)c2)c(Br)c1. The standard InChI is InChI=1S/C30H26BrCl3N4O5S/c1-3-41-29(40)26-16(2)36-30(44)37-27(26)19-6-4-5-7-24(19)42-15-25(39)38-35-13-18-10-20(31)28(23(34)12-18)43-14-17-8-9-21(32)22(33)11-17/h4-13,27H,3,14-15H2,1-2H3,(H,38,39)(H2,36,37,44)/t27-/m0/s1. The second-order valence-electron chi connectivity index (χ2n) is 9.26. The smallest absolute Gasteiger partial charge is 0.338 e. The maximum atomic E-state index is 12.7. The average molecular weight is 741 g/mol. The van der Waals surface area contributed by atoms with Crippen LogP contribution < -0.4 is 25.5 Å². The highest BCUT2D eigenvalue weighted by molar-refractivity contribution is 9.10. The van der Waals surface area contributed by atoms with Crippen LogP contribution in [0.2, 0.25) is 15.1 Å². The van der Waals surface area contributed by atoms with Gasteiger partial charge >= 0.3 is 5.97 Å². The van der Waals surface area contributed by atoms with Crippen molar-refractivity contribution >= 4 is 86.2 Å². The zero-order chi connectivity index (χ0) is 31.8. The Morgan fingerprint density at radius 1 is 1.07 bits per heavy atom. The van der Waals surface area contributed by atoms with Crippen LogP contribution in [-0.2, 0) is 20.9 Å². The van der Waals surface area contributed by atoms with Gasteiger partial charge < -0.3 is 24.8 Å². The van der Waals surface area contributed by atoms with Gasteiger partial charge in [-0.05, 0) is 83.5 Å². The van der Waals surface area contributed by atoms with Crippen molar-refractivity contribution in [2.45, 2.75) is 26.5 Å². The summed E-state index contributed by atoms with van der Waals surface area (Å²) in [5, 5.41) is 11.6. The Morgan fingerprint density at radius 2 is 1.84 bits per heavy atom. The van der Waals surface area contributed by atoms with E-state index in [4.69, 9.17) is 61.2 Å². The molecule has 0 saturated carbocycles. The first-order valence-corrected chi connectivity index (χ1v) is 15.5. The molecule has 0 bridgehead atoms. The number of rotatable bonds is 11. The average Bonchev–Trinajstić information content (AvgIpc) is 2.97. The molecule has 0 unspecified atom stereocenters. The number of ether oxygens (including phenoxy) is 3. The van der Waals surface area contributed by atoms with Crippen molar-refractivity contribution in [1.29, 1.82) is 0 Å². The lowest BCUT2D eigenvalue weighted by atomic mass is 9.95. The van der Waals surface area contributed by atoms with E-state index in [9.17, 15) is 9.59 Å². The van der Waals surface area contributed by atoms with Gasteiger partial charge in [0.2, 0.25) is 0 Å². The lowest BCUT2D eigenvalue weighted by Gasteiger charge is -2.30. The van der Waals surface area contributed by atoms with Gasteiger partial charge in [-0.25, -0.2) is 10.2 Å². The van der Waals surface area contributed by atoms with E-state index in [1.807, 2.05) is 0 Å². The van der Waals surface area contributed by atoms with Crippen LogP contribution in [0, 0.1) is 0 Å². The fraction of sp³-hybridized carbons (Fsp3) is 0.200. The van der Waals surface area contributed by atoms with E-state index in [1.54, 1.807) is 68.4 Å². The lowest BCUT2D eigenvalue weighted by molar-refractivity contribution is -0.139. The first kappa shape index (κ1) is 33.5. The summed E-state index contributed by atoms with van der Waals surface area (Å²) in [6, 6.07) is 15.0. The number of nitrogens with one attached hydrogen (secondary N) is 3. The highest BCUT2D eigenvalue weighted by Gasteiger charge is 2.32. The molecule has 3 aromatic rings. The van der Waals surface area contributed by atoms with Crippen LogP contribution in [0.5, 0.6) is 11.5 Å². The Bertz CT molecular complexity index is 1630. The van der Waals surface area contributed by atoms with E-state index >= 15 is 0 Å². The Balaban J connectivity index is 1.37. The number of hydrogen-bond acceptors (Lipinski definition) is 7. The molecular weight excluding hydrogens is 715 g/mol. The van der Waals surface area contributed by atoms with Gasteiger partial charge in [0.05, 0.1) is 44.0 Å². The number of esters is 1. The first-order valence-electron chi connectivity index (χ1n) is 13.1. The van der Waals surface area contributed by atoms with Crippen molar-refractivity contribution in [1.82, 2.24) is 16.1 Å². The summed E-state index contributed by atoms with van der Waals surface area (Å²) in [6.07, 6.45) is 1.43. The number of hydrazone groups is 1. The molecule has 1 amide bonds. The largest absolute Gasteiger partial charge is 0.486 e. The third-order valence-electron chi connectivity index (χ3n) is 6.14. The van der Waals surface area contributed by atoms with Crippen LogP contribution in [0.1, 0.15) is 36.6 Å². The number of para-hydroxylation sites is 1. The lowest BCUT2D eigenvalue weighted by Crippen LogP contribution is -2.45. The predicted molar refractivity (Wildman–Crippen MR) is 179 cm³/mol.